The van der Waals surface area contributed by atoms with Gasteiger partial charge in [-0.2, -0.15) is 5.10 Å². The number of aromatic nitrogens is 2. The van der Waals surface area contributed by atoms with Crippen LogP contribution in [0.15, 0.2) is 93.2 Å². The van der Waals surface area contributed by atoms with Gasteiger partial charge in [0.1, 0.15) is 23.4 Å². The summed E-state index contributed by atoms with van der Waals surface area (Å²) in [6.45, 7) is 15.1. The molecule has 80 heavy (non-hydrogen) atoms. The predicted molar refractivity (Wildman–Crippen MR) is 298 cm³/mol. The summed E-state index contributed by atoms with van der Waals surface area (Å²) < 4.78 is 28.3. The second-order valence-electron chi connectivity index (χ2n) is 20.0. The van der Waals surface area contributed by atoms with Gasteiger partial charge in [-0.25, -0.2) is 10.6 Å². The number of nitrogens with two attached hydrogens (primary N) is 1. The smallest absolute Gasteiger partial charge is 0.417 e. The Morgan fingerprint density at radius 1 is 0.938 bits per heavy atom. The number of anilines is 1. The Morgan fingerprint density at radius 2 is 1.61 bits per heavy atom. The summed E-state index contributed by atoms with van der Waals surface area (Å²) in [6, 6.07) is 8.13. The number of oxazole rings is 1. The van der Waals surface area contributed by atoms with Crippen LogP contribution in [0.2, 0.25) is 5.02 Å². The monoisotopic (exact) mass is 1130 g/mol. The molecule has 0 aliphatic carbocycles. The van der Waals surface area contributed by atoms with Gasteiger partial charge in [0.25, 0.3) is 17.6 Å². The van der Waals surface area contributed by atoms with E-state index in [-0.39, 0.29) is 50.4 Å². The number of hydrazine groups is 1. The first-order chi connectivity index (χ1) is 37.8. The number of rotatable bonds is 5. The van der Waals surface area contributed by atoms with E-state index in [1.54, 1.807) is 75.2 Å². The van der Waals surface area contributed by atoms with E-state index >= 15 is 0 Å². The number of methoxy groups -OCH3 is 1. The number of hydrogen-bond donors (Lipinski definition) is 9. The molecule has 0 unspecified atom stereocenters. The highest BCUT2D eigenvalue weighted by Crippen LogP contribution is 2.55. The number of hydrazone groups is 1. The maximum absolute atomic E-state index is 14.4. The van der Waals surface area contributed by atoms with Gasteiger partial charge in [-0.15, -0.1) is 0 Å². The van der Waals surface area contributed by atoms with Crippen LogP contribution >= 0.6 is 11.6 Å². The normalized spacial score (nSPS) is 26.2. The van der Waals surface area contributed by atoms with Crippen LogP contribution in [-0.4, -0.2) is 146 Å². The summed E-state index contributed by atoms with van der Waals surface area (Å²) in [5.41, 5.74) is 3.33. The van der Waals surface area contributed by atoms with E-state index in [9.17, 15) is 49.5 Å². The van der Waals surface area contributed by atoms with Gasteiger partial charge >= 0.3 is 17.5 Å². The number of hydrogen-bond acceptors (Lipinski definition) is 20. The summed E-state index contributed by atoms with van der Waals surface area (Å²) in [4.78, 5) is 70.2. The molecule has 4 aliphatic heterocycles. The van der Waals surface area contributed by atoms with Crippen LogP contribution in [0.5, 0.6) is 23.0 Å². The van der Waals surface area contributed by atoms with E-state index in [1.807, 2.05) is 12.5 Å². The number of amides is 2. The lowest BCUT2D eigenvalue weighted by atomic mass is 9.78. The molecule has 5 bridgehead atoms. The maximum atomic E-state index is 14.4. The molecule has 0 spiro atoms. The predicted octanol–water partition coefficient (Wildman–Crippen LogP) is 5.80. The molecule has 430 valence electrons. The fraction of sp³-hybridized carbons (Fsp3) is 0.411. The third-order valence-corrected chi connectivity index (χ3v) is 14.6. The molecule has 0 saturated carbocycles. The first-order valence-corrected chi connectivity index (χ1v) is 26.0. The molecule has 9 rings (SSSR count). The molecular weight excluding hydrogens is 1060 g/mol. The number of ether oxygens (including phenoxy) is 4. The van der Waals surface area contributed by atoms with Gasteiger partial charge in [0, 0.05) is 110 Å². The van der Waals surface area contributed by atoms with Crippen molar-refractivity contribution in [2.75, 3.05) is 45.7 Å². The number of carbonyl (C=O) groups excluding carboxylic acids is 4. The fourth-order valence-corrected chi connectivity index (χ4v) is 9.61. The van der Waals surface area contributed by atoms with Crippen LogP contribution in [-0.2, 0) is 23.8 Å². The largest absolute Gasteiger partial charge is 0.507 e. The highest BCUT2D eigenvalue weighted by molar-refractivity contribution is 6.31. The van der Waals surface area contributed by atoms with Gasteiger partial charge in [-0.1, -0.05) is 57.5 Å². The number of halogens is 1. The van der Waals surface area contributed by atoms with Crippen molar-refractivity contribution in [1.82, 2.24) is 25.3 Å². The zero-order valence-electron chi connectivity index (χ0n) is 46.0. The SMILES string of the molecule is CO[C@H]1/C=C/O[C@@]2(C)Oc3c(C)c(O)c4c(O)c(c(/C=N/N5CCN(C)CC5)c(O)c4c3C2=O)NC(=O)/C(C)=C\C=C\[C@H](C)[C@H](O)[C@@H](C)[C@@H](O)[C@@H](C)[C@H](OC(C)=O)[C@@H]1C.NNC(=O)c1ccncc1.O=c1[nH]c2cc(Cl)ccc2o1. The second kappa shape index (κ2) is 26.4. The number of nitrogens with one attached hydrogen (secondary N) is 3. The first kappa shape index (κ1) is 61.4. The summed E-state index contributed by atoms with van der Waals surface area (Å²) in [7, 11) is 3.42. The minimum absolute atomic E-state index is 0.0559. The minimum atomic E-state index is -2.04. The highest BCUT2D eigenvalue weighted by atomic mass is 35.5. The molecule has 6 heterocycles. The topological polar surface area (TPSA) is 334 Å². The van der Waals surface area contributed by atoms with Crippen LogP contribution in [0.3, 0.4) is 0 Å². The van der Waals surface area contributed by atoms with Gasteiger partial charge in [-0.3, -0.25) is 39.6 Å². The lowest BCUT2D eigenvalue weighted by Crippen LogP contribution is -2.46. The Morgan fingerprint density at radius 3 is 2.25 bits per heavy atom. The third-order valence-electron chi connectivity index (χ3n) is 14.3. The number of allylic oxidation sites excluding steroid dienone is 2. The molecule has 1 saturated heterocycles. The number of H-pyrrole nitrogens is 1. The van der Waals surface area contributed by atoms with Crippen molar-refractivity contribution in [3.05, 3.63) is 117 Å². The van der Waals surface area contributed by atoms with Crippen molar-refractivity contribution >= 4 is 68.9 Å². The molecule has 2 amide bonds. The number of phenolic OH excluding ortho intramolecular Hbond substituents is 3. The van der Waals surface area contributed by atoms with Gasteiger partial charge < -0.3 is 59.1 Å². The number of carbonyl (C=O) groups is 4. The van der Waals surface area contributed by atoms with E-state index in [4.69, 9.17) is 40.8 Å². The van der Waals surface area contributed by atoms with Gasteiger partial charge in [0.05, 0.1) is 58.5 Å². The minimum Gasteiger partial charge on any atom is -0.507 e. The Hall–Kier alpha value is -7.80. The lowest BCUT2D eigenvalue weighted by Gasteiger charge is -2.38. The lowest BCUT2D eigenvalue weighted by molar-refractivity contribution is -0.160. The van der Waals surface area contributed by atoms with Crippen molar-refractivity contribution in [3.8, 4) is 23.0 Å². The van der Waals surface area contributed by atoms with E-state index in [2.05, 4.69) is 25.3 Å². The Balaban J connectivity index is 0.000000403. The summed E-state index contributed by atoms with van der Waals surface area (Å²) >= 11 is 5.66. The van der Waals surface area contributed by atoms with Crippen LogP contribution in [0.4, 0.5) is 5.69 Å². The van der Waals surface area contributed by atoms with Gasteiger partial charge in [0.2, 0.25) is 0 Å². The quantitative estimate of drug-likeness (QED) is 0.0191. The Kier molecular flexibility index (Phi) is 20.3. The zero-order valence-corrected chi connectivity index (χ0v) is 46.8. The number of phenols is 3. The maximum Gasteiger partial charge on any atom is 0.417 e. The first-order valence-electron chi connectivity index (χ1n) is 25.6. The zero-order chi connectivity index (χ0) is 58.9. The van der Waals surface area contributed by atoms with E-state index in [1.165, 1.54) is 71.8 Å². The summed E-state index contributed by atoms with van der Waals surface area (Å²) in [5.74, 6) is -4.22. The number of nitrogen functional groups attached to an aromatic ring is 1. The molecule has 10 N–H and O–H groups in total. The molecule has 24 heteroatoms. The fourth-order valence-electron chi connectivity index (χ4n) is 9.43. The van der Waals surface area contributed by atoms with Crippen molar-refractivity contribution in [2.45, 2.75) is 85.6 Å². The van der Waals surface area contributed by atoms with E-state index in [0.717, 1.165) is 13.1 Å². The molecular formula is C56H69ClN8O15. The third kappa shape index (κ3) is 13.8. The van der Waals surface area contributed by atoms with Gasteiger partial charge in [-0.05, 0) is 57.3 Å². The van der Waals surface area contributed by atoms with Crippen LogP contribution < -0.4 is 27.1 Å². The number of piperazine rings is 1. The van der Waals surface area contributed by atoms with Crippen molar-refractivity contribution < 1.29 is 68.1 Å². The number of likely N-dealkylation sites (N-methyl/N-ethyl adjacent to an activating group) is 1. The molecule has 5 aromatic rings. The van der Waals surface area contributed by atoms with E-state index < -0.39 is 94.5 Å². The number of aliphatic hydroxyl groups is 2. The molecule has 23 nitrogen and oxygen atoms in total. The molecule has 9 atom stereocenters. The molecule has 0 radical (unpaired) electrons. The average Bonchev–Trinajstić information content (AvgIpc) is 3.94. The number of aliphatic hydroxyl groups excluding tert-OH is 2. The summed E-state index contributed by atoms with van der Waals surface area (Å²) in [5, 5.41) is 67.4. The Labute approximate surface area is 466 Å². The highest BCUT2D eigenvalue weighted by Gasteiger charge is 2.50. The number of aromatic amines is 1. The number of Topliss-reactive ketones (excluding diaryl/α,β-unsaturated/α-hetero) is 1. The number of fused-ring (bicyclic) bond motifs is 15. The Bertz CT molecular complexity index is 3260. The van der Waals surface area contributed by atoms with Gasteiger partial charge in [0.15, 0.2) is 11.3 Å². The average molecular weight is 1130 g/mol. The standard InChI is InChI=1S/C43H58N4O12.C7H4ClNO2.C6H7N3O/c1-21-12-11-13-22(2)42(55)45-33-28(20-44-47-17-15-46(9)16-18-47)37(52)30-31(38(33)53)36(51)26(6)40-32(30)41(54)43(8,59-40)57-19-14-29(56-10)23(3)39(58-27(7)48)25(5)35(50)24(4)34(21)49;8-4-1-2-6-5(3-4)9-7(10)11-6;7-9-6(10)5-1-3-8-4-2-5/h11-14,19-21,23-25,29,34-35,39,49-53H,15-18H2,1-10H3,(H,45,55);1-3H,(H,9,10);1-4H,7H2,(H,9,10)/b12-11+,19-14+,22-13-,44-20+;;/t21-,23+,24+,25+,29-,34-,35+,39+,43-;;/m0../s1. The molecule has 2 aromatic heterocycles. The van der Waals surface area contributed by atoms with Crippen molar-refractivity contribution in [2.24, 2.45) is 34.6 Å². The molecule has 1 fully saturated rings. The number of ketones is 1. The van der Waals surface area contributed by atoms with E-state index in [0.29, 0.717) is 34.8 Å². The molecule has 4 aliphatic rings. The summed E-state index contributed by atoms with van der Waals surface area (Å²) in [6.07, 6.45) is 7.93. The number of nitrogens with zero attached hydrogens (tertiary/aromatic N) is 4. The second-order valence-corrected chi connectivity index (χ2v) is 20.4. The van der Waals surface area contributed by atoms with Crippen LogP contribution in [0.25, 0.3) is 21.9 Å². The number of benzene rings is 3. The van der Waals surface area contributed by atoms with Crippen molar-refractivity contribution in [1.29, 1.82) is 0 Å². The van der Waals surface area contributed by atoms with Crippen LogP contribution in [0.1, 0.15) is 80.3 Å². The number of esters is 1. The number of pyridine rings is 1. The van der Waals surface area contributed by atoms with Crippen LogP contribution in [0, 0.1) is 30.6 Å². The van der Waals surface area contributed by atoms with Crippen molar-refractivity contribution in [3.63, 3.8) is 0 Å². The number of aromatic hydroxyl groups is 3. The molecule has 3 aromatic carbocycles.